The van der Waals surface area contributed by atoms with Gasteiger partial charge in [0.15, 0.2) is 5.11 Å². The number of hydrogen-bond donors (Lipinski definition) is 1. The largest absolute Gasteiger partial charge is 0.497 e. The normalized spacial score (nSPS) is 16.3. The summed E-state index contributed by atoms with van der Waals surface area (Å²) in [7, 11) is 5.02. The fourth-order valence-corrected chi connectivity index (χ4v) is 3.67. The summed E-state index contributed by atoms with van der Waals surface area (Å²) in [5.74, 6) is 2.47. The maximum absolute atomic E-state index is 5.70. The standard InChI is InChI=1S/C20H24N2O3S/c1-23-15-7-4-6-14(12-15)21-20(26)22-11-5-8-18(22)17-13-16(24-2)9-10-19(17)25-3/h4,6-7,9-10,12-13,18H,5,8,11H2,1-3H3,(H,21,26)/t18-/m1/s1. The average molecular weight is 372 g/mol. The first-order valence-corrected chi connectivity index (χ1v) is 9.00. The number of thiocarbonyl (C=S) groups is 1. The summed E-state index contributed by atoms with van der Waals surface area (Å²) in [5.41, 5.74) is 2.01. The van der Waals surface area contributed by atoms with Crippen molar-refractivity contribution in [3.63, 3.8) is 0 Å². The number of benzene rings is 2. The molecule has 2 aromatic rings. The second kappa shape index (κ2) is 8.27. The van der Waals surface area contributed by atoms with E-state index in [0.717, 1.165) is 47.9 Å². The van der Waals surface area contributed by atoms with Gasteiger partial charge in [-0.15, -0.1) is 0 Å². The van der Waals surface area contributed by atoms with E-state index in [2.05, 4.69) is 10.2 Å². The van der Waals surface area contributed by atoms with Crippen LogP contribution in [0.1, 0.15) is 24.4 Å². The summed E-state index contributed by atoms with van der Waals surface area (Å²) in [4.78, 5) is 2.21. The molecule has 1 heterocycles. The minimum atomic E-state index is 0.158. The average Bonchev–Trinajstić information content (AvgIpc) is 3.17. The molecule has 1 fully saturated rings. The van der Waals surface area contributed by atoms with Gasteiger partial charge in [-0.1, -0.05) is 6.07 Å². The molecule has 1 atom stereocenters. The molecule has 3 rings (SSSR count). The number of nitrogens with zero attached hydrogens (tertiary/aromatic N) is 1. The Morgan fingerprint density at radius 1 is 1.04 bits per heavy atom. The highest BCUT2D eigenvalue weighted by atomic mass is 32.1. The fraction of sp³-hybridized carbons (Fsp3) is 0.350. The van der Waals surface area contributed by atoms with Crippen molar-refractivity contribution >= 4 is 23.0 Å². The molecule has 0 unspecified atom stereocenters. The molecule has 0 spiro atoms. The number of ether oxygens (including phenoxy) is 3. The molecule has 1 aliphatic heterocycles. The van der Waals surface area contributed by atoms with Crippen LogP contribution < -0.4 is 19.5 Å². The van der Waals surface area contributed by atoms with Crippen LogP contribution in [0.4, 0.5) is 5.69 Å². The predicted molar refractivity (Wildman–Crippen MR) is 107 cm³/mol. The van der Waals surface area contributed by atoms with Gasteiger partial charge in [-0.2, -0.15) is 0 Å². The Labute approximate surface area is 159 Å². The topological polar surface area (TPSA) is 43.0 Å². The SMILES string of the molecule is COc1cccc(NC(=S)N2CCC[C@@H]2c2cc(OC)ccc2OC)c1. The lowest BCUT2D eigenvalue weighted by Crippen LogP contribution is -2.34. The smallest absolute Gasteiger partial charge is 0.173 e. The maximum atomic E-state index is 5.70. The molecular weight excluding hydrogens is 348 g/mol. The molecule has 0 bridgehead atoms. The number of hydrogen-bond acceptors (Lipinski definition) is 4. The zero-order valence-electron chi connectivity index (χ0n) is 15.3. The molecule has 6 heteroatoms. The lowest BCUT2D eigenvalue weighted by molar-refractivity contribution is 0.362. The molecule has 0 saturated carbocycles. The summed E-state index contributed by atoms with van der Waals surface area (Å²) >= 11 is 5.70. The third kappa shape index (κ3) is 3.85. The van der Waals surface area contributed by atoms with Gasteiger partial charge in [0, 0.05) is 23.9 Å². The maximum Gasteiger partial charge on any atom is 0.173 e. The Balaban J connectivity index is 1.82. The highest BCUT2D eigenvalue weighted by Gasteiger charge is 2.30. The highest BCUT2D eigenvalue weighted by molar-refractivity contribution is 7.80. The van der Waals surface area contributed by atoms with Crippen molar-refractivity contribution in [1.29, 1.82) is 0 Å². The van der Waals surface area contributed by atoms with Gasteiger partial charge in [0.05, 0.1) is 27.4 Å². The van der Waals surface area contributed by atoms with Crippen molar-refractivity contribution in [2.45, 2.75) is 18.9 Å². The number of nitrogens with one attached hydrogen (secondary N) is 1. The Bertz CT molecular complexity index is 781. The van der Waals surface area contributed by atoms with E-state index in [1.807, 2.05) is 42.5 Å². The second-order valence-electron chi connectivity index (χ2n) is 6.12. The quantitative estimate of drug-likeness (QED) is 0.792. The van der Waals surface area contributed by atoms with Gasteiger partial charge in [-0.3, -0.25) is 0 Å². The third-order valence-corrected chi connectivity index (χ3v) is 4.97. The van der Waals surface area contributed by atoms with E-state index in [1.54, 1.807) is 21.3 Å². The summed E-state index contributed by atoms with van der Waals surface area (Å²) in [5, 5.41) is 4.03. The summed E-state index contributed by atoms with van der Waals surface area (Å²) < 4.78 is 16.2. The molecule has 0 radical (unpaired) electrons. The monoisotopic (exact) mass is 372 g/mol. The van der Waals surface area contributed by atoms with Crippen LogP contribution in [0.5, 0.6) is 17.2 Å². The van der Waals surface area contributed by atoms with Crippen LogP contribution >= 0.6 is 12.2 Å². The summed E-state index contributed by atoms with van der Waals surface area (Å²) in [6.45, 7) is 0.904. The molecule has 5 nitrogen and oxygen atoms in total. The van der Waals surface area contributed by atoms with E-state index < -0.39 is 0 Å². The van der Waals surface area contributed by atoms with Crippen LogP contribution in [0.3, 0.4) is 0 Å². The molecular formula is C20H24N2O3S. The zero-order valence-corrected chi connectivity index (χ0v) is 16.1. The van der Waals surface area contributed by atoms with Crippen LogP contribution in [-0.2, 0) is 0 Å². The Morgan fingerprint density at radius 2 is 1.81 bits per heavy atom. The molecule has 26 heavy (non-hydrogen) atoms. The van der Waals surface area contributed by atoms with Crippen LogP contribution in [0, 0.1) is 0 Å². The van der Waals surface area contributed by atoms with Crippen LogP contribution in [0.15, 0.2) is 42.5 Å². The molecule has 1 saturated heterocycles. The van der Waals surface area contributed by atoms with Gasteiger partial charge in [0.1, 0.15) is 17.2 Å². The molecule has 1 N–H and O–H groups in total. The first-order chi connectivity index (χ1) is 12.7. The van der Waals surface area contributed by atoms with Gasteiger partial charge in [0.25, 0.3) is 0 Å². The van der Waals surface area contributed by atoms with E-state index in [1.165, 1.54) is 0 Å². The van der Waals surface area contributed by atoms with Crippen molar-refractivity contribution in [1.82, 2.24) is 4.90 Å². The molecule has 0 aromatic heterocycles. The summed E-state index contributed by atoms with van der Waals surface area (Å²) in [6, 6.07) is 13.8. The van der Waals surface area contributed by atoms with Crippen molar-refractivity contribution < 1.29 is 14.2 Å². The number of anilines is 1. The van der Waals surface area contributed by atoms with Gasteiger partial charge in [-0.25, -0.2) is 0 Å². The van der Waals surface area contributed by atoms with Gasteiger partial charge < -0.3 is 24.4 Å². The number of methoxy groups -OCH3 is 3. The zero-order chi connectivity index (χ0) is 18.5. The molecule has 2 aromatic carbocycles. The minimum absolute atomic E-state index is 0.158. The van der Waals surface area contributed by atoms with Gasteiger partial charge >= 0.3 is 0 Å². The predicted octanol–water partition coefficient (Wildman–Crippen LogP) is 4.25. The molecule has 0 aliphatic carbocycles. The summed E-state index contributed by atoms with van der Waals surface area (Å²) in [6.07, 6.45) is 2.09. The third-order valence-electron chi connectivity index (χ3n) is 4.63. The lowest BCUT2D eigenvalue weighted by atomic mass is 10.0. The van der Waals surface area contributed by atoms with Crippen molar-refractivity contribution in [2.24, 2.45) is 0 Å². The number of rotatable bonds is 5. The van der Waals surface area contributed by atoms with Crippen LogP contribution in [0.25, 0.3) is 0 Å². The Morgan fingerprint density at radius 3 is 2.54 bits per heavy atom. The molecule has 138 valence electrons. The molecule has 1 aliphatic rings. The van der Waals surface area contributed by atoms with Crippen molar-refractivity contribution in [3.05, 3.63) is 48.0 Å². The van der Waals surface area contributed by atoms with Gasteiger partial charge in [0.2, 0.25) is 0 Å². The number of likely N-dealkylation sites (tertiary alicyclic amines) is 1. The van der Waals surface area contributed by atoms with E-state index in [4.69, 9.17) is 26.4 Å². The molecule has 0 amide bonds. The highest BCUT2D eigenvalue weighted by Crippen LogP contribution is 2.39. The minimum Gasteiger partial charge on any atom is -0.497 e. The van der Waals surface area contributed by atoms with E-state index >= 15 is 0 Å². The Kier molecular flexibility index (Phi) is 5.83. The first-order valence-electron chi connectivity index (χ1n) is 8.60. The Hall–Kier alpha value is -2.47. The van der Waals surface area contributed by atoms with Crippen molar-refractivity contribution in [3.8, 4) is 17.2 Å². The van der Waals surface area contributed by atoms with E-state index in [0.29, 0.717) is 5.11 Å². The van der Waals surface area contributed by atoms with Gasteiger partial charge in [-0.05, 0) is 55.4 Å². The van der Waals surface area contributed by atoms with Crippen LogP contribution in [-0.4, -0.2) is 37.9 Å². The fourth-order valence-electron chi connectivity index (χ4n) is 3.33. The first kappa shape index (κ1) is 18.3. The second-order valence-corrected chi connectivity index (χ2v) is 6.51. The van der Waals surface area contributed by atoms with E-state index in [-0.39, 0.29) is 6.04 Å². The van der Waals surface area contributed by atoms with E-state index in [9.17, 15) is 0 Å². The van der Waals surface area contributed by atoms with Crippen molar-refractivity contribution in [2.75, 3.05) is 33.2 Å². The van der Waals surface area contributed by atoms with Crippen LogP contribution in [0.2, 0.25) is 0 Å². The lowest BCUT2D eigenvalue weighted by Gasteiger charge is -2.29.